The fourth-order valence-electron chi connectivity index (χ4n) is 4.54. The summed E-state index contributed by atoms with van der Waals surface area (Å²) in [5.41, 5.74) is 3.13. The van der Waals surface area contributed by atoms with Crippen molar-refractivity contribution in [2.45, 2.75) is 32.2 Å². The number of morpholine rings is 1. The lowest BCUT2D eigenvalue weighted by Crippen LogP contribution is -2.36. The highest BCUT2D eigenvalue weighted by Gasteiger charge is 2.21. The monoisotopic (exact) mass is 465 g/mol. The van der Waals surface area contributed by atoms with Gasteiger partial charge in [-0.25, -0.2) is 0 Å². The molecule has 2 saturated heterocycles. The van der Waals surface area contributed by atoms with Crippen LogP contribution in [-0.4, -0.2) is 67.6 Å². The molecule has 2 aromatic rings. The molecule has 2 aliphatic heterocycles. The van der Waals surface area contributed by atoms with Crippen LogP contribution in [0.4, 0.5) is 11.4 Å². The first-order valence-corrected chi connectivity index (χ1v) is 12.3. The minimum absolute atomic E-state index is 0.0216. The Morgan fingerprint density at radius 3 is 2.56 bits per heavy atom. The van der Waals surface area contributed by atoms with E-state index < -0.39 is 0 Å². The third-order valence-electron chi connectivity index (χ3n) is 6.53. The van der Waals surface area contributed by atoms with Gasteiger partial charge >= 0.3 is 0 Å². The first kappa shape index (κ1) is 24.2. The van der Waals surface area contributed by atoms with Crippen molar-refractivity contribution in [3.63, 3.8) is 0 Å². The highest BCUT2D eigenvalue weighted by Crippen LogP contribution is 2.21. The SMILES string of the molecule is O=C1CCN(Cc2ccncc2)CCCC(C(=O)Nc2ccc(N3CCOCC3)cc2)CCN1. The number of aromatic nitrogens is 1. The number of pyridine rings is 1. The molecule has 182 valence electrons. The summed E-state index contributed by atoms with van der Waals surface area (Å²) in [4.78, 5) is 34.0. The van der Waals surface area contributed by atoms with Crippen LogP contribution in [0.3, 0.4) is 0 Å². The second-order valence-electron chi connectivity index (χ2n) is 8.99. The zero-order chi connectivity index (χ0) is 23.6. The van der Waals surface area contributed by atoms with Crippen molar-refractivity contribution < 1.29 is 14.3 Å². The molecule has 2 fully saturated rings. The third-order valence-corrected chi connectivity index (χ3v) is 6.53. The van der Waals surface area contributed by atoms with Gasteiger partial charge in [0.05, 0.1) is 13.2 Å². The molecular weight excluding hydrogens is 430 g/mol. The standard InChI is InChI=1S/C26H35N5O3/c32-25-10-15-30(20-21-7-11-27-12-8-21)14-1-2-22(9-13-28-25)26(33)29-23-3-5-24(6-4-23)31-16-18-34-19-17-31/h3-8,11-12,22H,1-2,9-10,13-20H2,(H,28,32)(H,29,33). The van der Waals surface area contributed by atoms with Crippen LogP contribution in [0.1, 0.15) is 31.2 Å². The number of amides is 2. The van der Waals surface area contributed by atoms with Gasteiger partial charge in [-0.3, -0.25) is 19.5 Å². The van der Waals surface area contributed by atoms with Crippen molar-refractivity contribution in [2.75, 3.05) is 56.2 Å². The lowest BCUT2D eigenvalue weighted by Gasteiger charge is -2.29. The zero-order valence-corrected chi connectivity index (χ0v) is 19.7. The molecule has 8 heteroatoms. The van der Waals surface area contributed by atoms with Gasteiger partial charge in [-0.05, 0) is 67.8 Å². The van der Waals surface area contributed by atoms with Crippen LogP contribution >= 0.6 is 0 Å². The Hall–Kier alpha value is -2.97. The number of nitrogens with one attached hydrogen (secondary N) is 2. The van der Waals surface area contributed by atoms with Crippen molar-refractivity contribution in [1.82, 2.24) is 15.2 Å². The molecule has 3 heterocycles. The van der Waals surface area contributed by atoms with E-state index in [-0.39, 0.29) is 17.7 Å². The maximum Gasteiger partial charge on any atom is 0.227 e. The third kappa shape index (κ3) is 7.27. The van der Waals surface area contributed by atoms with Crippen LogP contribution in [0.15, 0.2) is 48.8 Å². The zero-order valence-electron chi connectivity index (χ0n) is 19.7. The number of nitrogens with zero attached hydrogens (tertiary/aromatic N) is 3. The molecule has 8 nitrogen and oxygen atoms in total. The summed E-state index contributed by atoms with van der Waals surface area (Å²) in [5.74, 6) is -0.0760. The molecule has 0 saturated carbocycles. The van der Waals surface area contributed by atoms with Gasteiger partial charge in [-0.15, -0.1) is 0 Å². The fraction of sp³-hybridized carbons (Fsp3) is 0.500. The molecule has 0 bridgehead atoms. The van der Waals surface area contributed by atoms with Crippen molar-refractivity contribution in [3.05, 3.63) is 54.4 Å². The molecule has 2 N–H and O–H groups in total. The predicted octanol–water partition coefficient (Wildman–Crippen LogP) is 2.67. The lowest BCUT2D eigenvalue weighted by molar-refractivity contribution is -0.122. The molecule has 34 heavy (non-hydrogen) atoms. The Morgan fingerprint density at radius 1 is 1.03 bits per heavy atom. The summed E-state index contributed by atoms with van der Waals surface area (Å²) in [6.45, 7) is 6.14. The van der Waals surface area contributed by atoms with Gasteiger partial charge in [-0.2, -0.15) is 0 Å². The molecular formula is C26H35N5O3. The molecule has 4 rings (SSSR count). The summed E-state index contributed by atoms with van der Waals surface area (Å²) < 4.78 is 5.42. The van der Waals surface area contributed by atoms with E-state index in [0.29, 0.717) is 25.9 Å². The number of benzene rings is 1. The molecule has 0 spiro atoms. The highest BCUT2D eigenvalue weighted by atomic mass is 16.5. The Bertz CT molecular complexity index is 916. The summed E-state index contributed by atoms with van der Waals surface area (Å²) >= 11 is 0. The fourth-order valence-corrected chi connectivity index (χ4v) is 4.54. The number of carbonyl (C=O) groups excluding carboxylic acids is 2. The van der Waals surface area contributed by atoms with Crippen LogP contribution < -0.4 is 15.5 Å². The van der Waals surface area contributed by atoms with Crippen LogP contribution in [-0.2, 0) is 20.9 Å². The van der Waals surface area contributed by atoms with E-state index in [4.69, 9.17) is 4.74 Å². The predicted molar refractivity (Wildman–Crippen MR) is 133 cm³/mol. The van der Waals surface area contributed by atoms with E-state index in [1.165, 1.54) is 5.56 Å². The van der Waals surface area contributed by atoms with E-state index in [9.17, 15) is 9.59 Å². The van der Waals surface area contributed by atoms with E-state index in [0.717, 1.165) is 63.6 Å². The second kappa shape index (κ2) is 12.5. The topological polar surface area (TPSA) is 86.8 Å². The average Bonchev–Trinajstić information content (AvgIpc) is 2.91. The molecule has 1 unspecified atom stereocenters. The Kier molecular flexibility index (Phi) is 8.87. The lowest BCUT2D eigenvalue weighted by atomic mass is 9.97. The van der Waals surface area contributed by atoms with Gasteiger partial charge in [0.25, 0.3) is 0 Å². The van der Waals surface area contributed by atoms with Crippen LogP contribution in [0.25, 0.3) is 0 Å². The highest BCUT2D eigenvalue weighted by molar-refractivity contribution is 5.92. The van der Waals surface area contributed by atoms with Gasteiger partial charge in [0.1, 0.15) is 0 Å². The van der Waals surface area contributed by atoms with Gasteiger partial charge < -0.3 is 20.3 Å². The Balaban J connectivity index is 1.33. The number of anilines is 2. The smallest absolute Gasteiger partial charge is 0.227 e. The van der Waals surface area contributed by atoms with Crippen molar-refractivity contribution >= 4 is 23.2 Å². The van der Waals surface area contributed by atoms with Crippen molar-refractivity contribution in [1.29, 1.82) is 0 Å². The van der Waals surface area contributed by atoms with Gasteiger partial charge in [0, 0.05) is 68.8 Å². The van der Waals surface area contributed by atoms with Gasteiger partial charge in [0.15, 0.2) is 0 Å². The summed E-state index contributed by atoms with van der Waals surface area (Å²) in [6.07, 6.45) is 6.41. The van der Waals surface area contributed by atoms with E-state index in [1.54, 1.807) is 12.4 Å². The molecule has 2 aliphatic rings. The van der Waals surface area contributed by atoms with Gasteiger partial charge in [0.2, 0.25) is 11.8 Å². The largest absolute Gasteiger partial charge is 0.378 e. The van der Waals surface area contributed by atoms with Crippen LogP contribution in [0.2, 0.25) is 0 Å². The molecule has 1 aromatic carbocycles. The van der Waals surface area contributed by atoms with E-state index in [1.807, 2.05) is 24.3 Å². The Morgan fingerprint density at radius 2 is 1.79 bits per heavy atom. The quantitative estimate of drug-likeness (QED) is 0.706. The van der Waals surface area contributed by atoms with E-state index in [2.05, 4.69) is 37.6 Å². The maximum absolute atomic E-state index is 13.1. The van der Waals surface area contributed by atoms with Crippen molar-refractivity contribution in [2.24, 2.45) is 5.92 Å². The maximum atomic E-state index is 13.1. The minimum atomic E-state index is -0.139. The number of ether oxygens (including phenoxy) is 1. The molecule has 1 atom stereocenters. The molecule has 0 aliphatic carbocycles. The molecule has 2 amide bonds. The number of hydrogen-bond acceptors (Lipinski definition) is 6. The van der Waals surface area contributed by atoms with Crippen molar-refractivity contribution in [3.8, 4) is 0 Å². The normalized spacial score (nSPS) is 20.8. The number of rotatable bonds is 5. The summed E-state index contributed by atoms with van der Waals surface area (Å²) in [7, 11) is 0. The summed E-state index contributed by atoms with van der Waals surface area (Å²) in [5, 5.41) is 6.07. The molecule has 1 aromatic heterocycles. The van der Waals surface area contributed by atoms with Gasteiger partial charge in [-0.1, -0.05) is 0 Å². The second-order valence-corrected chi connectivity index (χ2v) is 8.99. The Labute approximate surface area is 201 Å². The number of carbonyl (C=O) groups is 2. The van der Waals surface area contributed by atoms with Crippen LogP contribution in [0, 0.1) is 5.92 Å². The number of hydrogen-bond donors (Lipinski definition) is 2. The van der Waals surface area contributed by atoms with Crippen LogP contribution in [0.5, 0.6) is 0 Å². The first-order valence-electron chi connectivity index (χ1n) is 12.3. The minimum Gasteiger partial charge on any atom is -0.378 e. The average molecular weight is 466 g/mol. The first-order chi connectivity index (χ1) is 16.7. The summed E-state index contributed by atoms with van der Waals surface area (Å²) in [6, 6.07) is 12.0. The molecule has 0 radical (unpaired) electrons. The van der Waals surface area contributed by atoms with E-state index >= 15 is 0 Å².